The number of allylic oxidation sites excluding steroid dienone is 1. The monoisotopic (exact) mass is 587 g/mol. The molecule has 0 radical (unpaired) electrons. The van der Waals surface area contributed by atoms with Crippen molar-refractivity contribution in [1.82, 2.24) is 5.32 Å². The van der Waals surface area contributed by atoms with Crippen LogP contribution in [0.5, 0.6) is 11.5 Å². The van der Waals surface area contributed by atoms with E-state index in [9.17, 15) is 4.79 Å². The van der Waals surface area contributed by atoms with Gasteiger partial charge in [-0.3, -0.25) is 4.79 Å². The summed E-state index contributed by atoms with van der Waals surface area (Å²) in [5.74, 6) is 1.70. The Morgan fingerprint density at radius 3 is 2.34 bits per heavy atom. The zero-order chi connectivity index (χ0) is 30.8. The number of carbonyl (C=O) groups excluding carboxylic acids is 1. The summed E-state index contributed by atoms with van der Waals surface area (Å²) in [6.07, 6.45) is 7.80. The fraction of sp³-hybridized carbons (Fsp3) is 0.263. The van der Waals surface area contributed by atoms with Crippen LogP contribution in [0, 0.1) is 0 Å². The lowest BCUT2D eigenvalue weighted by atomic mass is 9.81. The van der Waals surface area contributed by atoms with Crippen LogP contribution < -0.4 is 21.1 Å². The molecule has 6 heteroatoms. The van der Waals surface area contributed by atoms with E-state index in [4.69, 9.17) is 10.5 Å². The van der Waals surface area contributed by atoms with Crippen molar-refractivity contribution in [3.63, 3.8) is 0 Å². The Morgan fingerprint density at radius 1 is 0.818 bits per heavy atom. The third kappa shape index (κ3) is 7.82. The molecule has 0 fully saturated rings. The van der Waals surface area contributed by atoms with Gasteiger partial charge in [-0.2, -0.15) is 4.58 Å². The number of hydrogen-bond acceptors (Lipinski definition) is 4. The summed E-state index contributed by atoms with van der Waals surface area (Å²) in [7, 11) is 0. The van der Waals surface area contributed by atoms with Crippen molar-refractivity contribution in [2.75, 3.05) is 25.0 Å². The number of amides is 1. The number of anilines is 2. The third-order valence-electron chi connectivity index (χ3n) is 7.98. The van der Waals surface area contributed by atoms with E-state index in [0.29, 0.717) is 19.5 Å². The number of benzene rings is 4. The van der Waals surface area contributed by atoms with E-state index >= 15 is 0 Å². The van der Waals surface area contributed by atoms with Gasteiger partial charge in [-0.1, -0.05) is 48.5 Å². The lowest BCUT2D eigenvalue weighted by Gasteiger charge is -2.17. The first-order valence-corrected chi connectivity index (χ1v) is 15.5. The van der Waals surface area contributed by atoms with E-state index in [0.717, 1.165) is 54.2 Å². The number of fused-ring (bicyclic) bond motifs is 1. The van der Waals surface area contributed by atoms with Crippen LogP contribution in [0.1, 0.15) is 50.7 Å². The molecule has 0 saturated carbocycles. The molecule has 4 N–H and O–H groups in total. The zero-order valence-electron chi connectivity index (χ0n) is 25.8. The highest BCUT2D eigenvalue weighted by Crippen LogP contribution is 2.42. The van der Waals surface area contributed by atoms with Gasteiger partial charge < -0.3 is 21.1 Å². The molecule has 226 valence electrons. The van der Waals surface area contributed by atoms with Crippen LogP contribution >= 0.6 is 0 Å². The molecule has 4 aromatic carbocycles. The highest BCUT2D eigenvalue weighted by molar-refractivity contribution is 6.05. The van der Waals surface area contributed by atoms with Gasteiger partial charge in [0.2, 0.25) is 11.6 Å². The van der Waals surface area contributed by atoms with Crippen LogP contribution in [-0.2, 0) is 10.2 Å². The summed E-state index contributed by atoms with van der Waals surface area (Å²) in [4.78, 5) is 12.0. The normalized spacial score (nSPS) is 13.6. The minimum atomic E-state index is -0.208. The molecule has 1 aliphatic rings. The fourth-order valence-corrected chi connectivity index (χ4v) is 5.70. The van der Waals surface area contributed by atoms with Gasteiger partial charge in [0.15, 0.2) is 5.71 Å². The predicted molar refractivity (Wildman–Crippen MR) is 182 cm³/mol. The van der Waals surface area contributed by atoms with Crippen LogP contribution in [0.25, 0.3) is 6.08 Å². The number of rotatable bonds is 14. The lowest BCUT2D eigenvalue weighted by Crippen LogP contribution is -2.28. The number of nitrogens with two attached hydrogens (primary N) is 1. The summed E-state index contributed by atoms with van der Waals surface area (Å²) in [5, 5.41) is 6.43. The van der Waals surface area contributed by atoms with Crippen molar-refractivity contribution in [3.05, 3.63) is 120 Å². The van der Waals surface area contributed by atoms with E-state index in [1.54, 1.807) is 0 Å². The number of para-hydroxylation sites is 2. The first kappa shape index (κ1) is 30.8. The van der Waals surface area contributed by atoms with Gasteiger partial charge in [-0.05, 0) is 86.9 Å². The van der Waals surface area contributed by atoms with Crippen molar-refractivity contribution >= 4 is 34.8 Å². The molecule has 0 spiro atoms. The molecule has 0 unspecified atom stereocenters. The molecule has 1 heterocycles. The smallest absolute Gasteiger partial charge is 0.220 e. The SMILES string of the molecule is CC1(C)C(/C=C/c2cccc(Oc3ccccc3)c2)=[N+](CCCCCC(=O)NCCN)c2ccc(Nc3ccccc3)cc21. The van der Waals surface area contributed by atoms with Crippen LogP contribution in [0.2, 0.25) is 0 Å². The van der Waals surface area contributed by atoms with Crippen molar-refractivity contribution in [1.29, 1.82) is 0 Å². The number of carbonyl (C=O) groups is 1. The van der Waals surface area contributed by atoms with Crippen LogP contribution in [0.3, 0.4) is 0 Å². The van der Waals surface area contributed by atoms with Gasteiger partial charge in [0, 0.05) is 55.0 Å². The average molecular weight is 588 g/mol. The molecule has 0 bridgehead atoms. The number of nitrogens with one attached hydrogen (secondary N) is 2. The maximum absolute atomic E-state index is 12.0. The second-order valence-corrected chi connectivity index (χ2v) is 11.7. The van der Waals surface area contributed by atoms with Gasteiger partial charge >= 0.3 is 0 Å². The Kier molecular flexibility index (Phi) is 10.3. The Balaban J connectivity index is 1.37. The minimum absolute atomic E-state index is 0.0789. The van der Waals surface area contributed by atoms with Gasteiger partial charge in [0.25, 0.3) is 0 Å². The van der Waals surface area contributed by atoms with Crippen molar-refractivity contribution in [2.24, 2.45) is 5.73 Å². The minimum Gasteiger partial charge on any atom is -0.457 e. The van der Waals surface area contributed by atoms with Crippen molar-refractivity contribution < 1.29 is 14.1 Å². The Hall–Kier alpha value is -4.68. The van der Waals surface area contributed by atoms with Crippen molar-refractivity contribution in [2.45, 2.75) is 44.9 Å². The maximum atomic E-state index is 12.0. The molecule has 5 rings (SSSR count). The molecule has 44 heavy (non-hydrogen) atoms. The van der Waals surface area contributed by atoms with Crippen molar-refractivity contribution in [3.8, 4) is 11.5 Å². The zero-order valence-corrected chi connectivity index (χ0v) is 25.8. The summed E-state index contributed by atoms with van der Waals surface area (Å²) in [6, 6.07) is 35.0. The highest BCUT2D eigenvalue weighted by atomic mass is 16.5. The van der Waals surface area contributed by atoms with Gasteiger partial charge in [0.05, 0.1) is 5.41 Å². The third-order valence-corrected chi connectivity index (χ3v) is 7.98. The number of ether oxygens (including phenoxy) is 1. The molecule has 6 nitrogen and oxygen atoms in total. The molecule has 0 atom stereocenters. The predicted octanol–water partition coefficient (Wildman–Crippen LogP) is 7.95. The molecule has 0 saturated heterocycles. The van der Waals surface area contributed by atoms with E-state index in [2.05, 4.69) is 83.7 Å². The topological polar surface area (TPSA) is 79.4 Å². The van der Waals surface area contributed by atoms with Crippen LogP contribution in [0.4, 0.5) is 17.1 Å². The average Bonchev–Trinajstić information content (AvgIpc) is 3.24. The molecule has 4 aromatic rings. The van der Waals surface area contributed by atoms with Gasteiger partial charge in [-0.25, -0.2) is 0 Å². The summed E-state index contributed by atoms with van der Waals surface area (Å²) >= 11 is 0. The largest absolute Gasteiger partial charge is 0.457 e. The summed E-state index contributed by atoms with van der Waals surface area (Å²) < 4.78 is 8.54. The van der Waals surface area contributed by atoms with Crippen LogP contribution in [0.15, 0.2) is 109 Å². The standard InChI is InChI=1S/C38H42N4O2/c1-38(2)34-28-31(41-30-14-6-3-7-15-30)21-22-35(34)42(26-11-5-10-19-37(43)40-25-24-39)36(38)23-20-29-13-12-18-33(27-29)44-32-16-8-4-9-17-32/h3-4,6-9,12-18,20-23,27-28,41H,5,10-11,19,24-26,39H2,1-2H3/p+1/b23-20+. The second kappa shape index (κ2) is 14.7. The molecule has 0 aromatic heterocycles. The quantitative estimate of drug-likeness (QED) is 0.103. The van der Waals surface area contributed by atoms with E-state index < -0.39 is 0 Å². The first-order valence-electron chi connectivity index (χ1n) is 15.5. The number of unbranched alkanes of at least 4 members (excludes halogenated alkanes) is 2. The fourth-order valence-electron chi connectivity index (χ4n) is 5.70. The molecule has 0 aliphatic carbocycles. The summed E-state index contributed by atoms with van der Waals surface area (Å²) in [6.45, 7) is 6.48. The highest BCUT2D eigenvalue weighted by Gasteiger charge is 2.44. The van der Waals surface area contributed by atoms with E-state index in [1.165, 1.54) is 17.0 Å². The number of hydrogen-bond donors (Lipinski definition) is 3. The van der Waals surface area contributed by atoms with E-state index in [1.807, 2.05) is 60.7 Å². The first-order chi connectivity index (χ1) is 21.4. The Labute approximate surface area is 261 Å². The molecular formula is C38H43N4O2+. The van der Waals surface area contributed by atoms with E-state index in [-0.39, 0.29) is 11.3 Å². The molecule has 1 amide bonds. The Bertz CT molecular complexity index is 1610. The number of nitrogens with zero attached hydrogens (tertiary/aromatic N) is 1. The Morgan fingerprint density at radius 2 is 1.57 bits per heavy atom. The second-order valence-electron chi connectivity index (χ2n) is 11.7. The summed E-state index contributed by atoms with van der Waals surface area (Å²) in [5.41, 5.74) is 12.3. The maximum Gasteiger partial charge on any atom is 0.220 e. The molecular weight excluding hydrogens is 544 g/mol. The van der Waals surface area contributed by atoms with Crippen LogP contribution in [-0.4, -0.2) is 35.8 Å². The van der Waals surface area contributed by atoms with Gasteiger partial charge in [0.1, 0.15) is 18.0 Å². The lowest BCUT2D eigenvalue weighted by molar-refractivity contribution is -0.438. The van der Waals surface area contributed by atoms with Gasteiger partial charge in [-0.15, -0.1) is 0 Å². The molecule has 1 aliphatic heterocycles.